The molecule has 0 atom stereocenters. The lowest BCUT2D eigenvalue weighted by atomic mass is 10.4. The van der Waals surface area contributed by atoms with Gasteiger partial charge in [-0.2, -0.15) is 13.2 Å². The van der Waals surface area contributed by atoms with Gasteiger partial charge in [0.2, 0.25) is 10.0 Å². The van der Waals surface area contributed by atoms with Gasteiger partial charge in [0.15, 0.2) is 0 Å². The summed E-state index contributed by atoms with van der Waals surface area (Å²) in [5.41, 5.74) is -0.397. The summed E-state index contributed by atoms with van der Waals surface area (Å²) in [5.74, 6) is -0.751. The van der Waals surface area contributed by atoms with Gasteiger partial charge in [0, 0.05) is 20.3 Å². The van der Waals surface area contributed by atoms with E-state index in [0.717, 1.165) is 11.0 Å². The third-order valence-electron chi connectivity index (χ3n) is 2.17. The Morgan fingerprint density at radius 2 is 1.95 bits per heavy atom. The average molecular weight is 299 g/mol. The number of primary sulfonamides is 1. The molecule has 19 heavy (non-hydrogen) atoms. The average Bonchev–Trinajstić information content (AvgIpc) is 2.56. The highest BCUT2D eigenvalue weighted by atomic mass is 32.2. The number of sulfonamides is 1. The molecule has 1 aromatic heterocycles. The number of carbonyl (C=O) groups is 1. The summed E-state index contributed by atoms with van der Waals surface area (Å²) in [6.45, 7) is -1.47. The number of rotatable bonds is 3. The lowest BCUT2D eigenvalue weighted by molar-refractivity contribution is -0.140. The van der Waals surface area contributed by atoms with Crippen molar-refractivity contribution < 1.29 is 26.4 Å². The molecular weight excluding hydrogens is 287 g/mol. The molecular formula is C9H12F3N3O3S. The van der Waals surface area contributed by atoms with E-state index in [9.17, 15) is 26.4 Å². The van der Waals surface area contributed by atoms with Gasteiger partial charge in [0.25, 0.3) is 5.91 Å². The van der Waals surface area contributed by atoms with Crippen LogP contribution in [0.2, 0.25) is 0 Å². The molecule has 10 heteroatoms. The van der Waals surface area contributed by atoms with Crippen LogP contribution in [0, 0.1) is 0 Å². The van der Waals surface area contributed by atoms with Crippen molar-refractivity contribution in [3.05, 3.63) is 18.0 Å². The minimum Gasteiger partial charge on any atom is -0.343 e. The van der Waals surface area contributed by atoms with Gasteiger partial charge in [0.1, 0.15) is 17.1 Å². The molecule has 0 aliphatic carbocycles. The van der Waals surface area contributed by atoms with E-state index < -0.39 is 39.2 Å². The van der Waals surface area contributed by atoms with Crippen LogP contribution in [0.5, 0.6) is 0 Å². The quantitative estimate of drug-likeness (QED) is 0.876. The number of hydrogen-bond acceptors (Lipinski definition) is 3. The van der Waals surface area contributed by atoms with Gasteiger partial charge < -0.3 is 9.47 Å². The molecule has 0 radical (unpaired) electrons. The minimum absolute atomic E-state index is 0.397. The number of hydrogen-bond donors (Lipinski definition) is 1. The van der Waals surface area contributed by atoms with Gasteiger partial charge in [-0.15, -0.1) is 0 Å². The second-order valence-electron chi connectivity index (χ2n) is 4.05. The predicted molar refractivity (Wildman–Crippen MR) is 59.9 cm³/mol. The van der Waals surface area contributed by atoms with Crippen molar-refractivity contribution in [2.24, 2.45) is 5.14 Å². The first-order valence-corrected chi connectivity index (χ1v) is 6.48. The second-order valence-corrected chi connectivity index (χ2v) is 5.61. The monoisotopic (exact) mass is 299 g/mol. The zero-order valence-electron chi connectivity index (χ0n) is 10.1. The van der Waals surface area contributed by atoms with E-state index in [1.54, 1.807) is 0 Å². The Bertz CT molecular complexity index is 590. The van der Waals surface area contributed by atoms with Crippen molar-refractivity contribution in [1.29, 1.82) is 0 Å². The number of aromatic nitrogens is 1. The van der Waals surface area contributed by atoms with Gasteiger partial charge in [0.05, 0.1) is 0 Å². The summed E-state index contributed by atoms with van der Waals surface area (Å²) >= 11 is 0. The smallest absolute Gasteiger partial charge is 0.343 e. The van der Waals surface area contributed by atoms with Crippen LogP contribution in [0.4, 0.5) is 13.2 Å². The molecule has 0 saturated heterocycles. The summed E-state index contributed by atoms with van der Waals surface area (Å²) in [7, 11) is -1.50. The Morgan fingerprint density at radius 3 is 2.32 bits per heavy atom. The lowest BCUT2D eigenvalue weighted by Crippen LogP contribution is -2.27. The normalized spacial score (nSPS) is 12.5. The number of carbonyl (C=O) groups excluding carboxylic acids is 1. The molecule has 1 amide bonds. The van der Waals surface area contributed by atoms with Crippen molar-refractivity contribution in [3.63, 3.8) is 0 Å². The molecule has 1 rings (SSSR count). The van der Waals surface area contributed by atoms with Gasteiger partial charge in [-0.05, 0) is 6.07 Å². The molecule has 0 aliphatic rings. The van der Waals surface area contributed by atoms with Crippen LogP contribution in [0.1, 0.15) is 10.5 Å². The molecule has 0 aliphatic heterocycles. The lowest BCUT2D eigenvalue weighted by Gasteiger charge is -2.14. The number of halogens is 3. The Labute approximate surface area is 107 Å². The van der Waals surface area contributed by atoms with Crippen LogP contribution < -0.4 is 5.14 Å². The summed E-state index contributed by atoms with van der Waals surface area (Å²) in [5, 5.41) is 4.83. The number of nitrogens with zero attached hydrogens (tertiary/aromatic N) is 2. The van der Waals surface area contributed by atoms with Crippen molar-refractivity contribution in [3.8, 4) is 0 Å². The predicted octanol–water partition coefficient (Wildman–Crippen LogP) is 0.400. The molecule has 108 valence electrons. The Morgan fingerprint density at radius 1 is 1.42 bits per heavy atom. The second kappa shape index (κ2) is 4.85. The first-order chi connectivity index (χ1) is 8.42. The summed E-state index contributed by atoms with van der Waals surface area (Å²) in [4.78, 5) is 12.2. The summed E-state index contributed by atoms with van der Waals surface area (Å²) in [6, 6.07) is 0.823. The number of nitrogens with two attached hydrogens (primary N) is 1. The fourth-order valence-corrected chi connectivity index (χ4v) is 1.92. The summed E-state index contributed by atoms with van der Waals surface area (Å²) < 4.78 is 59.8. The zero-order chi connectivity index (χ0) is 15.0. The molecule has 6 nitrogen and oxygen atoms in total. The van der Waals surface area contributed by atoms with E-state index in [1.165, 1.54) is 14.1 Å². The molecule has 0 aromatic carbocycles. The maximum absolute atomic E-state index is 12.4. The van der Waals surface area contributed by atoms with E-state index in [4.69, 9.17) is 5.14 Å². The Kier molecular flexibility index (Phi) is 3.96. The van der Waals surface area contributed by atoms with Crippen molar-refractivity contribution in [1.82, 2.24) is 9.47 Å². The van der Waals surface area contributed by atoms with Gasteiger partial charge in [-0.3, -0.25) is 4.79 Å². The fourth-order valence-electron chi connectivity index (χ4n) is 1.37. The molecule has 0 unspecified atom stereocenters. The van der Waals surface area contributed by atoms with Crippen molar-refractivity contribution in [2.45, 2.75) is 17.6 Å². The fraction of sp³-hybridized carbons (Fsp3) is 0.444. The molecule has 1 heterocycles. The maximum atomic E-state index is 12.4. The standard InChI is InChI=1S/C9H12F3N3O3S/c1-14(2)8(16)7-3-6(19(13,17)18)4-15(7)5-9(10,11)12/h3-4H,5H2,1-2H3,(H2,13,17,18). The van der Waals surface area contributed by atoms with Crippen LogP contribution in [-0.2, 0) is 16.6 Å². The van der Waals surface area contributed by atoms with Crippen molar-refractivity contribution in [2.75, 3.05) is 14.1 Å². The van der Waals surface area contributed by atoms with Crippen LogP contribution in [0.15, 0.2) is 17.2 Å². The van der Waals surface area contributed by atoms with E-state index in [2.05, 4.69) is 0 Å². The SMILES string of the molecule is CN(C)C(=O)c1cc(S(N)(=O)=O)cn1CC(F)(F)F. The third-order valence-corrected chi connectivity index (χ3v) is 3.06. The van der Waals surface area contributed by atoms with Gasteiger partial charge in [-0.25, -0.2) is 13.6 Å². The minimum atomic E-state index is -4.59. The molecule has 0 spiro atoms. The van der Waals surface area contributed by atoms with Gasteiger partial charge in [-0.1, -0.05) is 0 Å². The summed E-state index contributed by atoms with van der Waals surface area (Å²) in [6.07, 6.45) is -3.89. The van der Waals surface area contributed by atoms with E-state index in [1.807, 2.05) is 0 Å². The van der Waals surface area contributed by atoms with E-state index in [0.29, 0.717) is 10.8 Å². The van der Waals surface area contributed by atoms with Crippen LogP contribution in [0.25, 0.3) is 0 Å². The van der Waals surface area contributed by atoms with Crippen LogP contribution in [-0.4, -0.2) is 44.1 Å². The Hall–Kier alpha value is -1.55. The maximum Gasteiger partial charge on any atom is 0.406 e. The number of amides is 1. The topological polar surface area (TPSA) is 85.4 Å². The van der Waals surface area contributed by atoms with Gasteiger partial charge >= 0.3 is 6.18 Å². The highest BCUT2D eigenvalue weighted by Crippen LogP contribution is 2.22. The molecule has 2 N–H and O–H groups in total. The van der Waals surface area contributed by atoms with Crippen LogP contribution >= 0.6 is 0 Å². The zero-order valence-corrected chi connectivity index (χ0v) is 10.9. The van der Waals surface area contributed by atoms with E-state index >= 15 is 0 Å². The van der Waals surface area contributed by atoms with Crippen molar-refractivity contribution >= 4 is 15.9 Å². The highest BCUT2D eigenvalue weighted by Gasteiger charge is 2.31. The first-order valence-electron chi connectivity index (χ1n) is 4.93. The number of alkyl halides is 3. The third kappa shape index (κ3) is 3.96. The molecule has 0 fully saturated rings. The molecule has 0 bridgehead atoms. The molecule has 1 aromatic rings. The highest BCUT2D eigenvalue weighted by molar-refractivity contribution is 7.89. The largest absolute Gasteiger partial charge is 0.406 e. The van der Waals surface area contributed by atoms with Crippen LogP contribution in [0.3, 0.4) is 0 Å². The molecule has 0 saturated carbocycles. The Balaban J connectivity index is 3.35. The first kappa shape index (κ1) is 15.5. The van der Waals surface area contributed by atoms with E-state index in [-0.39, 0.29) is 0 Å².